The molecule has 0 nitrogen and oxygen atoms in total. The van der Waals surface area contributed by atoms with Crippen molar-refractivity contribution in [3.63, 3.8) is 0 Å². The van der Waals surface area contributed by atoms with Crippen molar-refractivity contribution in [2.45, 2.75) is 77.5 Å². The average molecular weight is 219 g/mol. The molecule has 1 atom stereocenters. The van der Waals surface area contributed by atoms with Crippen LogP contribution in [-0.2, 0) is 0 Å². The minimum Gasteiger partial charge on any atom is -0.123 e. The second kappa shape index (κ2) is 9.83. The Morgan fingerprint density at radius 1 is 0.857 bits per heavy atom. The van der Waals surface area contributed by atoms with Crippen molar-refractivity contribution >= 4 is 11.6 Å². The standard InChI is InChI=1S/C13H27Cl/c1-4-5-10-13(14)11-8-6-7-9-12(2)3/h12-13H,4-11H2,1-3H3. The minimum absolute atomic E-state index is 0.439. The van der Waals surface area contributed by atoms with Gasteiger partial charge in [0.1, 0.15) is 0 Å². The highest BCUT2D eigenvalue weighted by Gasteiger charge is 2.03. The Kier molecular flexibility index (Phi) is 10.0. The highest BCUT2D eigenvalue weighted by Crippen LogP contribution is 2.16. The molecule has 0 radical (unpaired) electrons. The maximum absolute atomic E-state index is 6.20. The molecule has 0 saturated heterocycles. The van der Waals surface area contributed by atoms with Crippen molar-refractivity contribution in [2.24, 2.45) is 5.92 Å². The van der Waals surface area contributed by atoms with Crippen LogP contribution < -0.4 is 0 Å². The Hall–Kier alpha value is 0.290. The maximum atomic E-state index is 6.20. The molecule has 0 amide bonds. The number of alkyl halides is 1. The molecule has 14 heavy (non-hydrogen) atoms. The first-order valence-electron chi connectivity index (χ1n) is 6.30. The number of halogens is 1. The molecule has 0 bridgehead atoms. The van der Waals surface area contributed by atoms with E-state index in [9.17, 15) is 0 Å². The smallest absolute Gasteiger partial charge is 0.0336 e. The zero-order valence-electron chi connectivity index (χ0n) is 10.2. The van der Waals surface area contributed by atoms with Crippen LogP contribution in [0.1, 0.15) is 72.1 Å². The highest BCUT2D eigenvalue weighted by molar-refractivity contribution is 6.20. The van der Waals surface area contributed by atoms with Crippen LogP contribution in [-0.4, -0.2) is 5.38 Å². The Morgan fingerprint density at radius 2 is 1.43 bits per heavy atom. The summed E-state index contributed by atoms with van der Waals surface area (Å²) in [6, 6.07) is 0. The molecule has 0 aromatic rings. The molecule has 0 aromatic heterocycles. The Labute approximate surface area is 95.4 Å². The first-order valence-corrected chi connectivity index (χ1v) is 6.74. The third-order valence-corrected chi connectivity index (χ3v) is 3.11. The largest absolute Gasteiger partial charge is 0.123 e. The first-order chi connectivity index (χ1) is 6.66. The second-order valence-corrected chi connectivity index (χ2v) is 5.39. The van der Waals surface area contributed by atoms with Gasteiger partial charge in [-0.3, -0.25) is 0 Å². The molecule has 1 unspecified atom stereocenters. The van der Waals surface area contributed by atoms with Crippen LogP contribution in [0.4, 0.5) is 0 Å². The van der Waals surface area contributed by atoms with Gasteiger partial charge in [-0.2, -0.15) is 0 Å². The van der Waals surface area contributed by atoms with Crippen LogP contribution in [0, 0.1) is 5.92 Å². The van der Waals surface area contributed by atoms with Gasteiger partial charge in [-0.1, -0.05) is 59.3 Å². The fourth-order valence-corrected chi connectivity index (χ4v) is 1.97. The van der Waals surface area contributed by atoms with E-state index in [1.165, 1.54) is 51.4 Å². The second-order valence-electron chi connectivity index (χ2n) is 4.77. The quantitative estimate of drug-likeness (QED) is 0.360. The number of unbranched alkanes of at least 4 members (excludes halogenated alkanes) is 3. The van der Waals surface area contributed by atoms with E-state index in [2.05, 4.69) is 20.8 Å². The van der Waals surface area contributed by atoms with Crippen molar-refractivity contribution < 1.29 is 0 Å². The highest BCUT2D eigenvalue weighted by atomic mass is 35.5. The monoisotopic (exact) mass is 218 g/mol. The molecule has 86 valence electrons. The third kappa shape index (κ3) is 10.4. The lowest BCUT2D eigenvalue weighted by Crippen LogP contribution is -1.98. The molecule has 0 fully saturated rings. The molecule has 0 aliphatic carbocycles. The lowest BCUT2D eigenvalue weighted by atomic mass is 10.0. The Balaban J connectivity index is 3.10. The summed E-state index contributed by atoms with van der Waals surface area (Å²) in [5, 5.41) is 0.439. The van der Waals surface area contributed by atoms with Crippen molar-refractivity contribution in [1.29, 1.82) is 0 Å². The van der Waals surface area contributed by atoms with Gasteiger partial charge in [0.05, 0.1) is 0 Å². The number of hydrogen-bond donors (Lipinski definition) is 0. The molecule has 0 rings (SSSR count). The maximum Gasteiger partial charge on any atom is 0.0336 e. The van der Waals surface area contributed by atoms with E-state index < -0.39 is 0 Å². The van der Waals surface area contributed by atoms with Crippen molar-refractivity contribution in [2.75, 3.05) is 0 Å². The Bertz CT molecular complexity index is 110. The van der Waals surface area contributed by atoms with Crippen LogP contribution in [0.5, 0.6) is 0 Å². The molecular formula is C13H27Cl. The predicted octanol–water partition coefficient (Wildman–Crippen LogP) is 5.39. The van der Waals surface area contributed by atoms with E-state index in [4.69, 9.17) is 11.6 Å². The van der Waals surface area contributed by atoms with E-state index in [1.54, 1.807) is 0 Å². The molecule has 0 aromatic carbocycles. The van der Waals surface area contributed by atoms with E-state index in [0.717, 1.165) is 5.92 Å². The summed E-state index contributed by atoms with van der Waals surface area (Å²) in [5.74, 6) is 0.863. The van der Waals surface area contributed by atoms with E-state index in [1.807, 2.05) is 0 Å². The van der Waals surface area contributed by atoms with Crippen molar-refractivity contribution in [3.05, 3.63) is 0 Å². The fourth-order valence-electron chi connectivity index (χ4n) is 1.67. The molecule has 0 aliphatic heterocycles. The van der Waals surface area contributed by atoms with Crippen molar-refractivity contribution in [3.8, 4) is 0 Å². The molecule has 0 spiro atoms. The summed E-state index contributed by atoms with van der Waals surface area (Å²) in [4.78, 5) is 0. The van der Waals surface area contributed by atoms with E-state index >= 15 is 0 Å². The van der Waals surface area contributed by atoms with Crippen LogP contribution in [0.2, 0.25) is 0 Å². The average Bonchev–Trinajstić information content (AvgIpc) is 2.13. The fraction of sp³-hybridized carbons (Fsp3) is 1.00. The molecular weight excluding hydrogens is 192 g/mol. The topological polar surface area (TPSA) is 0 Å². The van der Waals surface area contributed by atoms with Gasteiger partial charge in [0.15, 0.2) is 0 Å². The number of hydrogen-bond acceptors (Lipinski definition) is 0. The van der Waals surface area contributed by atoms with Gasteiger partial charge in [0, 0.05) is 5.38 Å². The van der Waals surface area contributed by atoms with E-state index in [0.29, 0.717) is 5.38 Å². The summed E-state index contributed by atoms with van der Waals surface area (Å²) < 4.78 is 0. The van der Waals surface area contributed by atoms with E-state index in [-0.39, 0.29) is 0 Å². The van der Waals surface area contributed by atoms with Gasteiger partial charge >= 0.3 is 0 Å². The van der Waals surface area contributed by atoms with Crippen LogP contribution >= 0.6 is 11.6 Å². The molecule has 0 saturated carbocycles. The van der Waals surface area contributed by atoms with Crippen LogP contribution in [0.15, 0.2) is 0 Å². The first kappa shape index (κ1) is 14.3. The van der Waals surface area contributed by atoms with Gasteiger partial charge in [-0.25, -0.2) is 0 Å². The lowest BCUT2D eigenvalue weighted by Gasteiger charge is -2.08. The van der Waals surface area contributed by atoms with Gasteiger partial charge in [-0.05, 0) is 18.8 Å². The summed E-state index contributed by atoms with van der Waals surface area (Å²) in [5.41, 5.74) is 0. The minimum atomic E-state index is 0.439. The SMILES string of the molecule is CCCCC(Cl)CCCCCC(C)C. The summed E-state index contributed by atoms with van der Waals surface area (Å²) >= 11 is 6.20. The molecule has 0 aliphatic rings. The van der Waals surface area contributed by atoms with Crippen molar-refractivity contribution in [1.82, 2.24) is 0 Å². The van der Waals surface area contributed by atoms with Gasteiger partial charge < -0.3 is 0 Å². The molecule has 1 heteroatoms. The summed E-state index contributed by atoms with van der Waals surface area (Å²) in [6.07, 6.45) is 10.5. The van der Waals surface area contributed by atoms with Crippen LogP contribution in [0.25, 0.3) is 0 Å². The van der Waals surface area contributed by atoms with Gasteiger partial charge in [0.25, 0.3) is 0 Å². The van der Waals surface area contributed by atoms with Crippen LogP contribution in [0.3, 0.4) is 0 Å². The molecule has 0 N–H and O–H groups in total. The zero-order valence-corrected chi connectivity index (χ0v) is 10.9. The predicted molar refractivity (Wildman–Crippen MR) is 67.1 cm³/mol. The Morgan fingerprint density at radius 3 is 2.00 bits per heavy atom. The molecule has 0 heterocycles. The van der Waals surface area contributed by atoms with Gasteiger partial charge in [0.2, 0.25) is 0 Å². The lowest BCUT2D eigenvalue weighted by molar-refractivity contribution is 0.510. The zero-order chi connectivity index (χ0) is 10.8. The summed E-state index contributed by atoms with van der Waals surface area (Å²) in [6.45, 7) is 6.82. The normalized spacial score (nSPS) is 13.5. The summed E-state index contributed by atoms with van der Waals surface area (Å²) in [7, 11) is 0. The third-order valence-electron chi connectivity index (χ3n) is 2.67. The number of rotatable bonds is 9. The van der Waals surface area contributed by atoms with Gasteiger partial charge in [-0.15, -0.1) is 11.6 Å².